The van der Waals surface area contributed by atoms with Gasteiger partial charge in [-0.1, -0.05) is 55.8 Å². The van der Waals surface area contributed by atoms with Gasteiger partial charge in [-0.2, -0.15) is 0 Å². The summed E-state index contributed by atoms with van der Waals surface area (Å²) in [6.45, 7) is 6.76. The number of benzene rings is 2. The number of ether oxygens (including phenoxy) is 1. The minimum absolute atomic E-state index is 0.236. The quantitative estimate of drug-likeness (QED) is 0.857. The van der Waals surface area contributed by atoms with E-state index in [-0.39, 0.29) is 6.10 Å². The van der Waals surface area contributed by atoms with Crippen LogP contribution in [0.15, 0.2) is 42.5 Å². The monoisotopic (exact) mass is 303 g/mol. The van der Waals surface area contributed by atoms with E-state index in [4.69, 9.17) is 22.1 Å². The predicted molar refractivity (Wildman–Crippen MR) is 89.1 cm³/mol. The molecule has 0 aromatic heterocycles. The molecule has 0 heterocycles. The van der Waals surface area contributed by atoms with Gasteiger partial charge in [0.2, 0.25) is 0 Å². The van der Waals surface area contributed by atoms with Crippen molar-refractivity contribution in [2.45, 2.75) is 32.8 Å². The molecule has 0 bridgehead atoms. The predicted octanol–water partition coefficient (Wildman–Crippen LogP) is 4.85. The summed E-state index contributed by atoms with van der Waals surface area (Å²) in [7, 11) is 0. The van der Waals surface area contributed by atoms with Gasteiger partial charge in [0, 0.05) is 17.1 Å². The van der Waals surface area contributed by atoms with Crippen LogP contribution in [0.5, 0.6) is 5.75 Å². The van der Waals surface area contributed by atoms with E-state index in [1.54, 1.807) is 0 Å². The fourth-order valence-electron chi connectivity index (χ4n) is 2.23. The van der Waals surface area contributed by atoms with E-state index in [2.05, 4.69) is 32.0 Å². The summed E-state index contributed by atoms with van der Waals surface area (Å²) < 4.78 is 6.14. The van der Waals surface area contributed by atoms with E-state index < -0.39 is 0 Å². The van der Waals surface area contributed by atoms with E-state index in [0.717, 1.165) is 16.9 Å². The molecule has 1 unspecified atom stereocenters. The second-order valence-electron chi connectivity index (χ2n) is 5.54. The Balaban J connectivity index is 2.31. The minimum atomic E-state index is -0.236. The lowest BCUT2D eigenvalue weighted by molar-refractivity contribution is 0.212. The Morgan fingerprint density at radius 2 is 1.86 bits per heavy atom. The van der Waals surface area contributed by atoms with Gasteiger partial charge in [-0.15, -0.1) is 0 Å². The zero-order valence-corrected chi connectivity index (χ0v) is 13.5. The highest BCUT2D eigenvalue weighted by Crippen LogP contribution is 2.30. The number of rotatable bonds is 5. The summed E-state index contributed by atoms with van der Waals surface area (Å²) in [5.74, 6) is 1.33. The van der Waals surface area contributed by atoms with E-state index in [1.165, 1.54) is 5.56 Å². The van der Waals surface area contributed by atoms with Crippen LogP contribution < -0.4 is 10.5 Å². The molecule has 2 nitrogen and oxygen atoms in total. The van der Waals surface area contributed by atoms with Gasteiger partial charge in [0.15, 0.2) is 0 Å². The lowest BCUT2D eigenvalue weighted by Crippen LogP contribution is -2.19. The van der Waals surface area contributed by atoms with E-state index >= 15 is 0 Å². The lowest BCUT2D eigenvalue weighted by Gasteiger charge is -2.21. The van der Waals surface area contributed by atoms with Gasteiger partial charge < -0.3 is 10.5 Å². The Bertz CT molecular complexity index is 610. The number of nitrogens with two attached hydrogens (primary N) is 1. The third-order valence-electron chi connectivity index (χ3n) is 3.61. The molecule has 0 spiro atoms. The Labute approximate surface area is 131 Å². The molecule has 2 N–H and O–H groups in total. The van der Waals surface area contributed by atoms with Crippen molar-refractivity contribution in [1.29, 1.82) is 0 Å². The molecule has 0 saturated heterocycles. The maximum atomic E-state index is 6.25. The van der Waals surface area contributed by atoms with Crippen molar-refractivity contribution >= 4 is 11.6 Å². The summed E-state index contributed by atoms with van der Waals surface area (Å²) in [4.78, 5) is 0. The SMILES string of the molecule is Cc1ccc(C(C)C)cc1OC(CN)c1ccccc1Cl. The van der Waals surface area contributed by atoms with Crippen LogP contribution in [0.2, 0.25) is 5.02 Å². The van der Waals surface area contributed by atoms with Crippen LogP contribution in [0, 0.1) is 6.92 Å². The fourth-order valence-corrected chi connectivity index (χ4v) is 2.49. The second kappa shape index (κ2) is 6.97. The summed E-state index contributed by atoms with van der Waals surface area (Å²) >= 11 is 6.25. The van der Waals surface area contributed by atoms with Crippen LogP contribution in [0.4, 0.5) is 0 Å². The van der Waals surface area contributed by atoms with Crippen LogP contribution >= 0.6 is 11.6 Å². The van der Waals surface area contributed by atoms with Gasteiger partial charge >= 0.3 is 0 Å². The minimum Gasteiger partial charge on any atom is -0.484 e. The third kappa shape index (κ3) is 3.78. The average molecular weight is 304 g/mol. The maximum absolute atomic E-state index is 6.25. The molecular weight excluding hydrogens is 282 g/mol. The molecule has 0 fully saturated rings. The molecule has 112 valence electrons. The number of halogens is 1. The lowest BCUT2D eigenvalue weighted by atomic mass is 10.0. The standard InChI is InChI=1S/C18H22ClNO/c1-12(2)14-9-8-13(3)17(10-14)21-18(11-20)15-6-4-5-7-16(15)19/h4-10,12,18H,11,20H2,1-3H3. The molecular formula is C18H22ClNO. The summed E-state index contributed by atoms with van der Waals surface area (Å²) in [6, 6.07) is 14.0. The van der Waals surface area contributed by atoms with Gasteiger partial charge in [-0.3, -0.25) is 0 Å². The van der Waals surface area contributed by atoms with Gasteiger partial charge in [-0.05, 0) is 36.1 Å². The van der Waals surface area contributed by atoms with E-state index in [0.29, 0.717) is 17.5 Å². The van der Waals surface area contributed by atoms with Crippen molar-refractivity contribution in [3.05, 3.63) is 64.2 Å². The largest absolute Gasteiger partial charge is 0.484 e. The third-order valence-corrected chi connectivity index (χ3v) is 3.96. The van der Waals surface area contributed by atoms with Crippen LogP contribution in [0.1, 0.15) is 42.6 Å². The molecule has 0 aliphatic carbocycles. The summed E-state index contributed by atoms with van der Waals surface area (Å²) in [5, 5.41) is 0.686. The van der Waals surface area contributed by atoms with Crippen molar-refractivity contribution in [3.8, 4) is 5.75 Å². The first-order chi connectivity index (χ1) is 10.0. The summed E-state index contributed by atoms with van der Waals surface area (Å²) in [6.07, 6.45) is -0.236. The Kier molecular flexibility index (Phi) is 5.27. The molecule has 0 saturated carbocycles. The highest BCUT2D eigenvalue weighted by molar-refractivity contribution is 6.31. The van der Waals surface area contributed by atoms with Crippen LogP contribution in [-0.4, -0.2) is 6.54 Å². The normalized spacial score (nSPS) is 12.5. The fraction of sp³-hybridized carbons (Fsp3) is 0.333. The Morgan fingerprint density at radius 3 is 2.48 bits per heavy atom. The highest BCUT2D eigenvalue weighted by Gasteiger charge is 2.16. The topological polar surface area (TPSA) is 35.2 Å². The first-order valence-electron chi connectivity index (χ1n) is 7.24. The van der Waals surface area contributed by atoms with Crippen LogP contribution in [0.3, 0.4) is 0 Å². The first kappa shape index (κ1) is 15.9. The zero-order valence-electron chi connectivity index (χ0n) is 12.8. The van der Waals surface area contributed by atoms with Gasteiger partial charge in [-0.25, -0.2) is 0 Å². The van der Waals surface area contributed by atoms with Gasteiger partial charge in [0.05, 0.1) is 0 Å². The molecule has 2 rings (SSSR count). The average Bonchev–Trinajstić information content (AvgIpc) is 2.47. The Hall–Kier alpha value is -1.51. The second-order valence-corrected chi connectivity index (χ2v) is 5.95. The van der Waals surface area contributed by atoms with Crippen molar-refractivity contribution in [1.82, 2.24) is 0 Å². The van der Waals surface area contributed by atoms with E-state index in [1.807, 2.05) is 31.2 Å². The van der Waals surface area contributed by atoms with E-state index in [9.17, 15) is 0 Å². The molecule has 3 heteroatoms. The molecule has 0 aliphatic rings. The van der Waals surface area contributed by atoms with Crippen LogP contribution in [0.25, 0.3) is 0 Å². The van der Waals surface area contributed by atoms with Crippen LogP contribution in [-0.2, 0) is 0 Å². The zero-order chi connectivity index (χ0) is 15.4. The maximum Gasteiger partial charge on any atom is 0.137 e. The Morgan fingerprint density at radius 1 is 1.14 bits per heavy atom. The molecule has 21 heavy (non-hydrogen) atoms. The molecule has 2 aromatic carbocycles. The van der Waals surface area contributed by atoms with Crippen molar-refractivity contribution in [2.75, 3.05) is 6.54 Å². The number of hydrogen-bond donors (Lipinski definition) is 1. The molecule has 0 aliphatic heterocycles. The number of aryl methyl sites for hydroxylation is 1. The smallest absolute Gasteiger partial charge is 0.137 e. The van der Waals surface area contributed by atoms with Crippen molar-refractivity contribution in [2.24, 2.45) is 5.73 Å². The molecule has 0 radical (unpaired) electrons. The van der Waals surface area contributed by atoms with Gasteiger partial charge in [0.25, 0.3) is 0 Å². The molecule has 0 amide bonds. The van der Waals surface area contributed by atoms with Crippen molar-refractivity contribution in [3.63, 3.8) is 0 Å². The van der Waals surface area contributed by atoms with Crippen molar-refractivity contribution < 1.29 is 4.74 Å². The molecule has 1 atom stereocenters. The molecule has 2 aromatic rings. The van der Waals surface area contributed by atoms with Gasteiger partial charge in [0.1, 0.15) is 11.9 Å². The highest BCUT2D eigenvalue weighted by atomic mass is 35.5. The first-order valence-corrected chi connectivity index (χ1v) is 7.62. The number of hydrogen-bond acceptors (Lipinski definition) is 2. The summed E-state index contributed by atoms with van der Waals surface area (Å²) in [5.41, 5.74) is 9.17.